The molecule has 0 saturated heterocycles. The molecule has 2 unspecified atom stereocenters. The van der Waals surface area contributed by atoms with Gasteiger partial charge in [-0.3, -0.25) is 0 Å². The zero-order valence-corrected chi connectivity index (χ0v) is 7.20. The van der Waals surface area contributed by atoms with Crippen molar-refractivity contribution in [2.24, 2.45) is 5.73 Å². The summed E-state index contributed by atoms with van der Waals surface area (Å²) in [6, 6.07) is 4.80. The molecule has 3 heteroatoms. The van der Waals surface area contributed by atoms with E-state index in [1.165, 1.54) is 6.07 Å². The van der Waals surface area contributed by atoms with Crippen LogP contribution in [0.4, 0.5) is 4.39 Å². The number of nitrogens with two attached hydrogens (primary N) is 1. The lowest BCUT2D eigenvalue weighted by molar-refractivity contribution is 0.173. The number of hydrogen-bond donors (Lipinski definition) is 2. The molecule has 70 valence electrons. The van der Waals surface area contributed by atoms with Crippen molar-refractivity contribution in [1.82, 2.24) is 0 Å². The molecule has 2 nitrogen and oxygen atoms in total. The second kappa shape index (κ2) is 3.09. The summed E-state index contributed by atoms with van der Waals surface area (Å²) in [5.74, 6) is -0.268. The predicted molar refractivity (Wildman–Crippen MR) is 47.8 cm³/mol. The van der Waals surface area contributed by atoms with E-state index in [9.17, 15) is 9.50 Å². The van der Waals surface area contributed by atoms with Gasteiger partial charge in [0.25, 0.3) is 0 Å². The maximum atomic E-state index is 13.3. The van der Waals surface area contributed by atoms with Crippen LogP contribution in [0, 0.1) is 5.82 Å². The van der Waals surface area contributed by atoms with Gasteiger partial charge in [-0.2, -0.15) is 0 Å². The van der Waals surface area contributed by atoms with Gasteiger partial charge < -0.3 is 10.8 Å². The smallest absolute Gasteiger partial charge is 0.127 e. The molecule has 0 fully saturated rings. The van der Waals surface area contributed by atoms with E-state index in [1.807, 2.05) is 0 Å². The fourth-order valence-corrected chi connectivity index (χ4v) is 2.00. The minimum Gasteiger partial charge on any atom is -0.388 e. The maximum Gasteiger partial charge on any atom is 0.127 e. The third kappa shape index (κ3) is 1.24. The molecule has 2 rings (SSSR count). The number of benzene rings is 1. The Hall–Kier alpha value is -0.930. The van der Waals surface area contributed by atoms with Gasteiger partial charge in [-0.1, -0.05) is 12.1 Å². The number of aliphatic hydroxyl groups is 1. The first-order valence-electron chi connectivity index (χ1n) is 4.40. The van der Waals surface area contributed by atoms with E-state index in [1.54, 1.807) is 12.1 Å². The van der Waals surface area contributed by atoms with Crippen LogP contribution in [0.5, 0.6) is 0 Å². The van der Waals surface area contributed by atoms with Crippen molar-refractivity contribution in [3.8, 4) is 0 Å². The first kappa shape index (κ1) is 8.66. The number of rotatable bonds is 1. The molecule has 0 amide bonds. The monoisotopic (exact) mass is 181 g/mol. The van der Waals surface area contributed by atoms with E-state index in [0.29, 0.717) is 24.1 Å². The topological polar surface area (TPSA) is 46.2 Å². The van der Waals surface area contributed by atoms with Crippen molar-refractivity contribution in [3.63, 3.8) is 0 Å². The molecular formula is C10H12FNO. The maximum absolute atomic E-state index is 13.3. The molecule has 1 aromatic rings. The summed E-state index contributed by atoms with van der Waals surface area (Å²) in [6.45, 7) is 0.394. The van der Waals surface area contributed by atoms with Gasteiger partial charge in [0, 0.05) is 5.92 Å². The Morgan fingerprint density at radius 1 is 1.54 bits per heavy atom. The Morgan fingerprint density at radius 2 is 2.31 bits per heavy atom. The second-order valence-electron chi connectivity index (χ2n) is 3.43. The zero-order chi connectivity index (χ0) is 9.42. The summed E-state index contributed by atoms with van der Waals surface area (Å²) in [6.07, 6.45) is 0.00602. The van der Waals surface area contributed by atoms with Crippen LogP contribution in [0.25, 0.3) is 0 Å². The van der Waals surface area contributed by atoms with Gasteiger partial charge in [-0.05, 0) is 30.2 Å². The van der Waals surface area contributed by atoms with Crippen LogP contribution in [0.1, 0.15) is 29.6 Å². The fraction of sp³-hybridized carbons (Fsp3) is 0.400. The second-order valence-corrected chi connectivity index (χ2v) is 3.43. The molecule has 13 heavy (non-hydrogen) atoms. The highest BCUT2D eigenvalue weighted by atomic mass is 19.1. The largest absolute Gasteiger partial charge is 0.388 e. The van der Waals surface area contributed by atoms with Crippen LogP contribution in [0.2, 0.25) is 0 Å². The highest BCUT2D eigenvalue weighted by Crippen LogP contribution is 2.40. The average molecular weight is 181 g/mol. The molecule has 0 radical (unpaired) electrons. The predicted octanol–water partition coefficient (Wildman–Crippen LogP) is 1.31. The molecule has 0 aliphatic heterocycles. The number of fused-ring (bicyclic) bond motifs is 1. The Bertz CT molecular complexity index is 327. The molecule has 3 N–H and O–H groups in total. The lowest BCUT2D eigenvalue weighted by Gasteiger charge is -2.07. The molecule has 0 heterocycles. The van der Waals surface area contributed by atoms with Gasteiger partial charge in [-0.15, -0.1) is 0 Å². The van der Waals surface area contributed by atoms with Crippen LogP contribution in [-0.2, 0) is 0 Å². The Labute approximate surface area is 76.2 Å². The van der Waals surface area contributed by atoms with Crippen molar-refractivity contribution in [1.29, 1.82) is 0 Å². The minimum atomic E-state index is -0.542. The minimum absolute atomic E-state index is 0.0220. The molecular weight excluding hydrogens is 169 g/mol. The molecule has 1 aromatic carbocycles. The Morgan fingerprint density at radius 3 is 3.00 bits per heavy atom. The highest BCUT2D eigenvalue weighted by Gasteiger charge is 2.30. The van der Waals surface area contributed by atoms with E-state index in [4.69, 9.17) is 5.73 Å². The third-order valence-electron chi connectivity index (χ3n) is 2.65. The zero-order valence-electron chi connectivity index (χ0n) is 7.20. The summed E-state index contributed by atoms with van der Waals surface area (Å²) in [5.41, 5.74) is 6.81. The molecule has 2 atom stereocenters. The first-order chi connectivity index (χ1) is 6.24. The fourth-order valence-electron chi connectivity index (χ4n) is 2.00. The van der Waals surface area contributed by atoms with Crippen molar-refractivity contribution < 1.29 is 9.50 Å². The van der Waals surface area contributed by atoms with Crippen LogP contribution in [0.3, 0.4) is 0 Å². The van der Waals surface area contributed by atoms with E-state index < -0.39 is 6.10 Å². The average Bonchev–Trinajstić information content (AvgIpc) is 2.45. The van der Waals surface area contributed by atoms with Gasteiger partial charge in [0.05, 0.1) is 6.10 Å². The molecule has 0 spiro atoms. The standard InChI is InChI=1S/C10H12FNO/c11-8-3-1-2-7-9(13)4-6(5-12)10(7)8/h1-3,6,9,13H,4-5,12H2. The summed E-state index contributed by atoms with van der Waals surface area (Å²) in [7, 11) is 0. The van der Waals surface area contributed by atoms with E-state index in [-0.39, 0.29) is 11.7 Å². The van der Waals surface area contributed by atoms with Gasteiger partial charge in [-0.25, -0.2) is 4.39 Å². The number of hydrogen-bond acceptors (Lipinski definition) is 2. The molecule has 1 aliphatic carbocycles. The number of aliphatic hydroxyl groups excluding tert-OH is 1. The van der Waals surface area contributed by atoms with E-state index >= 15 is 0 Å². The summed E-state index contributed by atoms with van der Waals surface area (Å²) in [5, 5.41) is 9.59. The third-order valence-corrected chi connectivity index (χ3v) is 2.65. The normalized spacial score (nSPS) is 26.1. The van der Waals surface area contributed by atoms with Crippen LogP contribution < -0.4 is 5.73 Å². The molecule has 1 aliphatic rings. The van der Waals surface area contributed by atoms with Crippen LogP contribution in [-0.4, -0.2) is 11.7 Å². The van der Waals surface area contributed by atoms with E-state index in [2.05, 4.69) is 0 Å². The van der Waals surface area contributed by atoms with Gasteiger partial charge in [0.2, 0.25) is 0 Å². The highest BCUT2D eigenvalue weighted by molar-refractivity contribution is 5.38. The van der Waals surface area contributed by atoms with Crippen molar-refractivity contribution >= 4 is 0 Å². The SMILES string of the molecule is NCC1CC(O)c2cccc(F)c21. The lowest BCUT2D eigenvalue weighted by atomic mass is 10.0. The summed E-state index contributed by atoms with van der Waals surface area (Å²) >= 11 is 0. The van der Waals surface area contributed by atoms with E-state index in [0.717, 1.165) is 0 Å². The van der Waals surface area contributed by atoms with Crippen molar-refractivity contribution in [3.05, 3.63) is 35.1 Å². The molecule has 0 aromatic heterocycles. The first-order valence-corrected chi connectivity index (χ1v) is 4.40. The quantitative estimate of drug-likeness (QED) is 0.686. The molecule has 0 saturated carbocycles. The van der Waals surface area contributed by atoms with Crippen LogP contribution in [0.15, 0.2) is 18.2 Å². The summed E-state index contributed by atoms with van der Waals surface area (Å²) in [4.78, 5) is 0. The number of halogens is 1. The van der Waals surface area contributed by atoms with Gasteiger partial charge in [0.15, 0.2) is 0 Å². The Kier molecular flexibility index (Phi) is 2.06. The molecule has 0 bridgehead atoms. The van der Waals surface area contributed by atoms with Gasteiger partial charge in [0.1, 0.15) is 5.82 Å². The lowest BCUT2D eigenvalue weighted by Crippen LogP contribution is -2.10. The van der Waals surface area contributed by atoms with Crippen molar-refractivity contribution in [2.75, 3.05) is 6.54 Å². The summed E-state index contributed by atoms with van der Waals surface area (Å²) < 4.78 is 13.3. The van der Waals surface area contributed by atoms with Crippen molar-refractivity contribution in [2.45, 2.75) is 18.4 Å². The van der Waals surface area contributed by atoms with Gasteiger partial charge >= 0.3 is 0 Å². The van der Waals surface area contributed by atoms with Crippen LogP contribution >= 0.6 is 0 Å². The Balaban J connectivity index is 2.52.